The minimum absolute atomic E-state index is 0.335. The second-order valence-corrected chi connectivity index (χ2v) is 4.88. The molecular formula is C15H26N2O2. The molecule has 0 bridgehead atoms. The zero-order valence-corrected chi connectivity index (χ0v) is 12.5. The molecular weight excluding hydrogens is 240 g/mol. The van der Waals surface area contributed by atoms with E-state index in [0.717, 1.165) is 24.4 Å². The first-order valence-corrected chi connectivity index (χ1v) is 6.78. The third-order valence-electron chi connectivity index (χ3n) is 2.87. The van der Waals surface area contributed by atoms with E-state index in [1.807, 2.05) is 32.3 Å². The van der Waals surface area contributed by atoms with Crippen LogP contribution in [0.2, 0.25) is 0 Å². The Hall–Kier alpha value is -1.26. The third kappa shape index (κ3) is 6.45. The fourth-order valence-corrected chi connectivity index (χ4v) is 1.72. The number of anilines is 1. The highest BCUT2D eigenvalue weighted by Gasteiger charge is 2.06. The molecule has 1 atom stereocenters. The molecule has 0 radical (unpaired) electrons. The van der Waals surface area contributed by atoms with Crippen LogP contribution in [0.15, 0.2) is 24.3 Å². The second-order valence-electron chi connectivity index (χ2n) is 4.88. The van der Waals surface area contributed by atoms with E-state index in [0.29, 0.717) is 19.3 Å². The molecule has 0 aliphatic carbocycles. The van der Waals surface area contributed by atoms with E-state index in [9.17, 15) is 0 Å². The number of likely N-dealkylation sites (N-methyl/N-ethyl adjacent to an activating group) is 1. The molecule has 1 aromatic rings. The van der Waals surface area contributed by atoms with Crippen LogP contribution in [-0.2, 0) is 4.74 Å². The van der Waals surface area contributed by atoms with Gasteiger partial charge >= 0.3 is 0 Å². The highest BCUT2D eigenvalue weighted by atomic mass is 16.5. The zero-order chi connectivity index (χ0) is 14.1. The summed E-state index contributed by atoms with van der Waals surface area (Å²) in [5, 5.41) is 3.45. The Kier molecular flexibility index (Phi) is 7.30. The van der Waals surface area contributed by atoms with E-state index in [4.69, 9.17) is 9.47 Å². The molecule has 19 heavy (non-hydrogen) atoms. The van der Waals surface area contributed by atoms with Gasteiger partial charge < -0.3 is 19.7 Å². The molecule has 0 spiro atoms. The number of nitrogens with zero attached hydrogens (tertiary/aromatic N) is 1. The van der Waals surface area contributed by atoms with E-state index in [-0.39, 0.29) is 0 Å². The van der Waals surface area contributed by atoms with Crippen LogP contribution in [0.1, 0.15) is 13.3 Å². The van der Waals surface area contributed by atoms with Crippen LogP contribution in [0.3, 0.4) is 0 Å². The van der Waals surface area contributed by atoms with Crippen LogP contribution < -0.4 is 10.1 Å². The minimum Gasteiger partial charge on any atom is -0.492 e. The van der Waals surface area contributed by atoms with E-state index in [1.54, 1.807) is 7.11 Å². The molecule has 1 N–H and O–H groups in total. The summed E-state index contributed by atoms with van der Waals surface area (Å²) in [5.41, 5.74) is 1.08. The minimum atomic E-state index is 0.335. The molecule has 4 nitrogen and oxygen atoms in total. The van der Waals surface area contributed by atoms with Crippen molar-refractivity contribution >= 4 is 5.69 Å². The van der Waals surface area contributed by atoms with Crippen LogP contribution in [0.25, 0.3) is 0 Å². The van der Waals surface area contributed by atoms with Gasteiger partial charge in [-0.25, -0.2) is 0 Å². The topological polar surface area (TPSA) is 33.7 Å². The molecule has 0 heterocycles. The maximum Gasteiger partial charge on any atom is 0.121 e. The molecule has 0 saturated carbocycles. The summed E-state index contributed by atoms with van der Waals surface area (Å²) in [6.45, 7) is 4.47. The fraction of sp³-hybridized carbons (Fsp3) is 0.600. The van der Waals surface area contributed by atoms with Crippen LogP contribution in [0.5, 0.6) is 5.75 Å². The van der Waals surface area contributed by atoms with Crippen LogP contribution in [0, 0.1) is 0 Å². The van der Waals surface area contributed by atoms with Crippen molar-refractivity contribution in [1.82, 2.24) is 4.90 Å². The van der Waals surface area contributed by atoms with Gasteiger partial charge in [0.25, 0.3) is 0 Å². The lowest BCUT2D eigenvalue weighted by atomic mass is 10.2. The molecule has 0 fully saturated rings. The number of benzene rings is 1. The number of methoxy groups -OCH3 is 1. The average Bonchev–Trinajstić information content (AvgIpc) is 2.38. The highest BCUT2D eigenvalue weighted by molar-refractivity contribution is 5.48. The van der Waals surface area contributed by atoms with Crippen molar-refractivity contribution in [3.63, 3.8) is 0 Å². The number of nitrogens with one attached hydrogen (secondary N) is 1. The second kappa shape index (κ2) is 8.77. The monoisotopic (exact) mass is 266 g/mol. The zero-order valence-electron chi connectivity index (χ0n) is 12.5. The number of hydrogen-bond acceptors (Lipinski definition) is 4. The lowest BCUT2D eigenvalue weighted by molar-refractivity contribution is 0.184. The third-order valence-corrected chi connectivity index (χ3v) is 2.87. The Morgan fingerprint density at radius 2 is 2.11 bits per heavy atom. The largest absolute Gasteiger partial charge is 0.492 e. The molecule has 0 saturated heterocycles. The molecule has 0 aliphatic heterocycles. The van der Waals surface area contributed by atoms with Gasteiger partial charge in [0.15, 0.2) is 0 Å². The summed E-state index contributed by atoms with van der Waals surface area (Å²) in [6.07, 6.45) is 1.03. The summed E-state index contributed by atoms with van der Waals surface area (Å²) in [7, 11) is 5.81. The Bertz CT molecular complexity index is 356. The summed E-state index contributed by atoms with van der Waals surface area (Å²) in [4.78, 5) is 2.10. The van der Waals surface area contributed by atoms with Gasteiger partial charge in [-0.1, -0.05) is 13.0 Å². The lowest BCUT2D eigenvalue weighted by Crippen LogP contribution is -2.23. The van der Waals surface area contributed by atoms with E-state index < -0.39 is 0 Å². The predicted octanol–water partition coefficient (Wildman–Crippen LogP) is 2.46. The number of rotatable bonds is 9. The smallest absolute Gasteiger partial charge is 0.121 e. The van der Waals surface area contributed by atoms with Crippen molar-refractivity contribution in [2.75, 3.05) is 46.3 Å². The quantitative estimate of drug-likeness (QED) is 0.744. The maximum atomic E-state index is 5.72. The Morgan fingerprint density at radius 3 is 2.74 bits per heavy atom. The average molecular weight is 266 g/mol. The van der Waals surface area contributed by atoms with Gasteiger partial charge in [0.05, 0.1) is 6.61 Å². The first-order chi connectivity index (χ1) is 9.15. The van der Waals surface area contributed by atoms with Crippen LogP contribution in [-0.4, -0.2) is 51.9 Å². The van der Waals surface area contributed by atoms with Crippen molar-refractivity contribution in [2.45, 2.75) is 19.4 Å². The summed E-state index contributed by atoms with van der Waals surface area (Å²) < 4.78 is 10.9. The Balaban J connectivity index is 2.51. The Morgan fingerprint density at radius 1 is 1.32 bits per heavy atom. The highest BCUT2D eigenvalue weighted by Crippen LogP contribution is 2.18. The van der Waals surface area contributed by atoms with E-state index in [1.165, 1.54) is 0 Å². The van der Waals surface area contributed by atoms with Gasteiger partial charge in [-0.05, 0) is 32.6 Å². The molecule has 4 heteroatoms. The number of ether oxygens (including phenoxy) is 2. The molecule has 108 valence electrons. The molecule has 0 aliphatic rings. The first kappa shape index (κ1) is 15.8. The van der Waals surface area contributed by atoms with Gasteiger partial charge in [0.1, 0.15) is 12.4 Å². The fourth-order valence-electron chi connectivity index (χ4n) is 1.72. The normalized spacial score (nSPS) is 12.5. The van der Waals surface area contributed by atoms with E-state index >= 15 is 0 Å². The van der Waals surface area contributed by atoms with Crippen molar-refractivity contribution in [1.29, 1.82) is 0 Å². The first-order valence-electron chi connectivity index (χ1n) is 6.78. The van der Waals surface area contributed by atoms with Gasteiger partial charge in [-0.3, -0.25) is 0 Å². The van der Waals surface area contributed by atoms with E-state index in [2.05, 4.69) is 23.2 Å². The van der Waals surface area contributed by atoms with Gasteiger partial charge in [-0.15, -0.1) is 0 Å². The van der Waals surface area contributed by atoms with Crippen molar-refractivity contribution < 1.29 is 9.47 Å². The van der Waals surface area contributed by atoms with Crippen molar-refractivity contribution in [3.8, 4) is 5.75 Å². The molecule has 0 aromatic heterocycles. The van der Waals surface area contributed by atoms with Crippen LogP contribution >= 0.6 is 0 Å². The SMILES string of the molecule is CCC(COC)Nc1cccc(OCCN(C)C)c1. The van der Waals surface area contributed by atoms with Gasteiger partial charge in [-0.2, -0.15) is 0 Å². The predicted molar refractivity (Wildman–Crippen MR) is 80.1 cm³/mol. The molecule has 1 unspecified atom stereocenters. The summed E-state index contributed by atoms with van der Waals surface area (Å²) in [6, 6.07) is 8.41. The van der Waals surface area contributed by atoms with Gasteiger partial charge in [0, 0.05) is 31.5 Å². The van der Waals surface area contributed by atoms with Crippen molar-refractivity contribution in [2.24, 2.45) is 0 Å². The lowest BCUT2D eigenvalue weighted by Gasteiger charge is -2.18. The van der Waals surface area contributed by atoms with Gasteiger partial charge in [0.2, 0.25) is 0 Å². The maximum absolute atomic E-state index is 5.72. The summed E-state index contributed by atoms with van der Waals surface area (Å²) >= 11 is 0. The van der Waals surface area contributed by atoms with Crippen LogP contribution in [0.4, 0.5) is 5.69 Å². The molecule has 1 rings (SSSR count). The van der Waals surface area contributed by atoms with Crippen molar-refractivity contribution in [3.05, 3.63) is 24.3 Å². The number of hydrogen-bond donors (Lipinski definition) is 1. The summed E-state index contributed by atoms with van der Waals surface area (Å²) in [5.74, 6) is 0.902. The standard InChI is InChI=1S/C15H26N2O2/c1-5-13(12-18-4)16-14-7-6-8-15(11-14)19-10-9-17(2)3/h6-8,11,13,16H,5,9-10,12H2,1-4H3. The molecule has 1 aromatic carbocycles. The Labute approximate surface area is 116 Å². The molecule has 0 amide bonds.